The molecular formula is C28H49N5O. The highest BCUT2D eigenvalue weighted by molar-refractivity contribution is 5.48. The Labute approximate surface area is 208 Å². The number of anilines is 1. The van der Waals surface area contributed by atoms with Gasteiger partial charge < -0.3 is 14.6 Å². The molecule has 3 aliphatic rings. The van der Waals surface area contributed by atoms with E-state index in [2.05, 4.69) is 61.8 Å². The summed E-state index contributed by atoms with van der Waals surface area (Å²) in [6.45, 7) is 15.4. The molecule has 1 aliphatic heterocycles. The van der Waals surface area contributed by atoms with Crippen LogP contribution in [0.2, 0.25) is 0 Å². The number of carbonyl (C=O) groups excluding carboxylic acids is 1. The lowest BCUT2D eigenvalue weighted by molar-refractivity contribution is -0.107. The average Bonchev–Trinajstić information content (AvgIpc) is 2.79. The first-order chi connectivity index (χ1) is 16.3. The van der Waals surface area contributed by atoms with Crippen LogP contribution in [0.3, 0.4) is 0 Å². The van der Waals surface area contributed by atoms with Crippen LogP contribution in [0.4, 0.5) is 5.95 Å². The van der Waals surface area contributed by atoms with Crippen molar-refractivity contribution in [3.63, 3.8) is 0 Å². The van der Waals surface area contributed by atoms with E-state index in [-0.39, 0.29) is 0 Å². The van der Waals surface area contributed by atoms with Crippen LogP contribution in [0, 0.1) is 11.3 Å². The number of piperazine rings is 1. The van der Waals surface area contributed by atoms with Gasteiger partial charge in [0.2, 0.25) is 5.95 Å². The molecule has 1 saturated heterocycles. The number of aromatic nitrogens is 2. The van der Waals surface area contributed by atoms with Gasteiger partial charge in [-0.3, -0.25) is 4.90 Å². The van der Waals surface area contributed by atoms with Crippen LogP contribution in [-0.2, 0) is 11.3 Å². The van der Waals surface area contributed by atoms with Crippen molar-refractivity contribution in [3.05, 3.63) is 18.0 Å². The molecule has 2 atom stereocenters. The second-order valence-corrected chi connectivity index (χ2v) is 11.4. The molecule has 2 aliphatic carbocycles. The van der Waals surface area contributed by atoms with Gasteiger partial charge in [-0.05, 0) is 70.8 Å². The van der Waals surface area contributed by atoms with Crippen molar-refractivity contribution in [2.45, 2.75) is 111 Å². The summed E-state index contributed by atoms with van der Waals surface area (Å²) in [6.07, 6.45) is 15.3. The van der Waals surface area contributed by atoms with Crippen LogP contribution in [-0.4, -0.2) is 70.9 Å². The lowest BCUT2D eigenvalue weighted by Crippen LogP contribution is -2.60. The van der Waals surface area contributed by atoms with Crippen LogP contribution in [0.15, 0.2) is 12.4 Å². The van der Waals surface area contributed by atoms with Gasteiger partial charge in [-0.2, -0.15) is 0 Å². The highest BCUT2D eigenvalue weighted by atomic mass is 16.1. The Hall–Kier alpha value is -1.53. The van der Waals surface area contributed by atoms with E-state index < -0.39 is 0 Å². The second-order valence-electron chi connectivity index (χ2n) is 11.4. The second kappa shape index (κ2) is 12.4. The largest absolute Gasteiger partial charge is 0.332 e. The van der Waals surface area contributed by atoms with E-state index in [4.69, 9.17) is 9.97 Å². The summed E-state index contributed by atoms with van der Waals surface area (Å²) in [4.78, 5) is 26.5. The van der Waals surface area contributed by atoms with Crippen molar-refractivity contribution >= 4 is 12.2 Å². The van der Waals surface area contributed by atoms with Crippen molar-refractivity contribution < 1.29 is 4.79 Å². The first-order valence-corrected chi connectivity index (χ1v) is 13.8. The third-order valence-corrected chi connectivity index (χ3v) is 8.32. The minimum Gasteiger partial charge on any atom is -0.332 e. The van der Waals surface area contributed by atoms with E-state index in [1.807, 2.05) is 6.92 Å². The summed E-state index contributed by atoms with van der Waals surface area (Å²) >= 11 is 0. The van der Waals surface area contributed by atoms with E-state index in [0.29, 0.717) is 24.5 Å². The van der Waals surface area contributed by atoms with Crippen molar-refractivity contribution in [3.8, 4) is 0 Å². The van der Waals surface area contributed by atoms with E-state index >= 15 is 0 Å². The number of hydrogen-bond donors (Lipinski definition) is 0. The summed E-state index contributed by atoms with van der Waals surface area (Å²) < 4.78 is 0. The first kappa shape index (κ1) is 27.1. The quantitative estimate of drug-likeness (QED) is 0.463. The molecule has 4 rings (SSSR count). The lowest BCUT2D eigenvalue weighted by Gasteiger charge is -2.55. The highest BCUT2D eigenvalue weighted by Gasteiger charge is 2.47. The Morgan fingerprint density at radius 2 is 1.65 bits per heavy atom. The molecular weight excluding hydrogens is 422 g/mol. The minimum absolute atomic E-state index is 0.497. The monoisotopic (exact) mass is 471 g/mol. The normalized spacial score (nSPS) is 24.5. The Morgan fingerprint density at radius 1 is 1.09 bits per heavy atom. The van der Waals surface area contributed by atoms with Crippen LogP contribution >= 0.6 is 0 Å². The predicted molar refractivity (Wildman–Crippen MR) is 141 cm³/mol. The molecule has 6 heteroatoms. The fraction of sp³-hybridized carbons (Fsp3) is 0.821. The topological polar surface area (TPSA) is 52.6 Å². The van der Waals surface area contributed by atoms with E-state index in [0.717, 1.165) is 56.0 Å². The molecule has 0 aromatic carbocycles. The molecule has 0 N–H and O–H groups in total. The summed E-state index contributed by atoms with van der Waals surface area (Å²) in [6, 6.07) is 1.60. The molecule has 192 valence electrons. The maximum atomic E-state index is 9.17. The zero-order valence-corrected chi connectivity index (χ0v) is 22.7. The van der Waals surface area contributed by atoms with Crippen LogP contribution in [0.25, 0.3) is 0 Å². The summed E-state index contributed by atoms with van der Waals surface area (Å²) in [5.74, 6) is 1.83. The molecule has 0 amide bonds. The molecule has 1 aromatic rings. The molecule has 2 unspecified atom stereocenters. The molecule has 0 radical (unpaired) electrons. The smallest absolute Gasteiger partial charge is 0.225 e. The van der Waals surface area contributed by atoms with Gasteiger partial charge in [-0.15, -0.1) is 0 Å². The number of nitrogens with zero attached hydrogens (tertiary/aromatic N) is 5. The molecule has 2 heterocycles. The van der Waals surface area contributed by atoms with Crippen molar-refractivity contribution in [1.29, 1.82) is 0 Å². The van der Waals surface area contributed by atoms with Gasteiger partial charge in [-0.25, -0.2) is 9.97 Å². The molecule has 0 bridgehead atoms. The number of hydrogen-bond acceptors (Lipinski definition) is 6. The van der Waals surface area contributed by atoms with Crippen LogP contribution < -0.4 is 4.90 Å². The van der Waals surface area contributed by atoms with Gasteiger partial charge in [0.05, 0.1) is 0 Å². The van der Waals surface area contributed by atoms with Crippen LogP contribution in [0.5, 0.6) is 0 Å². The summed E-state index contributed by atoms with van der Waals surface area (Å²) in [5.41, 5.74) is 2.02. The summed E-state index contributed by atoms with van der Waals surface area (Å²) in [7, 11) is 2.26. The zero-order valence-electron chi connectivity index (χ0n) is 22.7. The third kappa shape index (κ3) is 6.57. The predicted octanol–water partition coefficient (Wildman–Crippen LogP) is 5.17. The van der Waals surface area contributed by atoms with E-state index in [9.17, 15) is 4.79 Å². The van der Waals surface area contributed by atoms with Gasteiger partial charge in [0, 0.05) is 68.7 Å². The maximum Gasteiger partial charge on any atom is 0.225 e. The van der Waals surface area contributed by atoms with Gasteiger partial charge in [0.25, 0.3) is 0 Å². The molecule has 1 spiro atoms. The molecule has 3 fully saturated rings. The Kier molecular flexibility index (Phi) is 9.90. The molecule has 34 heavy (non-hydrogen) atoms. The Morgan fingerprint density at radius 3 is 2.06 bits per heavy atom. The fourth-order valence-electron chi connectivity index (χ4n) is 6.25. The molecule has 2 saturated carbocycles. The SMILES string of the molecule is CCC1CN(C(C)C)CC(CC)N1c1ncc(CN(C)CC2CC3(CCC3)C2)cn1.CCC=O. The van der Waals surface area contributed by atoms with Gasteiger partial charge in [0.1, 0.15) is 6.29 Å². The lowest BCUT2D eigenvalue weighted by atomic mass is 9.52. The summed E-state index contributed by atoms with van der Waals surface area (Å²) in [5, 5.41) is 0. The van der Waals surface area contributed by atoms with Crippen molar-refractivity contribution in [2.75, 3.05) is 31.6 Å². The Bertz CT molecular complexity index is 726. The van der Waals surface area contributed by atoms with E-state index in [1.54, 1.807) is 0 Å². The van der Waals surface area contributed by atoms with Crippen molar-refractivity contribution in [2.24, 2.45) is 11.3 Å². The van der Waals surface area contributed by atoms with Crippen molar-refractivity contribution in [1.82, 2.24) is 19.8 Å². The Balaban J connectivity index is 0.000000751. The number of aldehydes is 1. The van der Waals surface area contributed by atoms with Gasteiger partial charge in [0.15, 0.2) is 0 Å². The van der Waals surface area contributed by atoms with Crippen LogP contribution in [0.1, 0.15) is 91.5 Å². The molecule has 1 aromatic heterocycles. The average molecular weight is 472 g/mol. The number of rotatable bonds is 9. The molecule has 6 nitrogen and oxygen atoms in total. The van der Waals surface area contributed by atoms with E-state index in [1.165, 1.54) is 44.2 Å². The first-order valence-electron chi connectivity index (χ1n) is 13.8. The minimum atomic E-state index is 0.497. The van der Waals surface area contributed by atoms with Gasteiger partial charge in [-0.1, -0.05) is 27.2 Å². The fourth-order valence-corrected chi connectivity index (χ4v) is 6.25. The maximum absolute atomic E-state index is 9.17. The zero-order chi connectivity index (χ0) is 24.7. The highest BCUT2D eigenvalue weighted by Crippen LogP contribution is 2.58. The standard InChI is InChI=1S/C25H43N5.C3H6O/c1-6-22-17-29(19(3)4)18-23(7-2)30(22)24-26-13-21(14-27-24)16-28(5)15-20-11-25(12-20)9-8-10-25;1-2-3-4/h13-14,19-20,22-23H,6-12,15-18H2,1-5H3;3H,2H2,1H3. The third-order valence-electron chi connectivity index (χ3n) is 8.32. The number of carbonyl (C=O) groups is 1. The van der Waals surface area contributed by atoms with Gasteiger partial charge >= 0.3 is 0 Å².